The number of benzene rings is 3. The number of nitrogens with zero attached hydrogens (tertiary/aromatic N) is 1. The Balaban J connectivity index is 1.66. The third-order valence-corrected chi connectivity index (χ3v) is 5.43. The van der Waals surface area contributed by atoms with Crippen LogP contribution in [0.2, 0.25) is 5.02 Å². The number of sulfonamides is 1. The van der Waals surface area contributed by atoms with Gasteiger partial charge in [0.25, 0.3) is 10.0 Å². The normalized spacial score (nSPS) is 11.4. The molecule has 0 aliphatic heterocycles. The van der Waals surface area contributed by atoms with E-state index in [-0.39, 0.29) is 4.90 Å². The molecule has 0 unspecified atom stereocenters. The summed E-state index contributed by atoms with van der Waals surface area (Å²) in [6, 6.07) is 20.6. The van der Waals surface area contributed by atoms with Gasteiger partial charge in [0, 0.05) is 5.02 Å². The maximum atomic E-state index is 12.2. The van der Waals surface area contributed by atoms with Gasteiger partial charge in [-0.1, -0.05) is 41.9 Å². The van der Waals surface area contributed by atoms with Crippen molar-refractivity contribution in [3.05, 3.63) is 88.9 Å². The van der Waals surface area contributed by atoms with E-state index in [1.807, 2.05) is 12.1 Å². The van der Waals surface area contributed by atoms with Crippen LogP contribution in [0.3, 0.4) is 0 Å². The lowest BCUT2D eigenvalue weighted by Gasteiger charge is -2.11. The lowest BCUT2D eigenvalue weighted by Crippen LogP contribution is -2.18. The molecule has 6 nitrogen and oxygen atoms in total. The summed E-state index contributed by atoms with van der Waals surface area (Å²) in [7, 11) is -2.18. The molecular formula is C21H19ClN2O4S. The Morgan fingerprint density at radius 3 is 2.41 bits per heavy atom. The summed E-state index contributed by atoms with van der Waals surface area (Å²) < 4.78 is 35.5. The van der Waals surface area contributed by atoms with Crippen molar-refractivity contribution in [2.45, 2.75) is 11.5 Å². The Labute approximate surface area is 174 Å². The average Bonchev–Trinajstić information content (AvgIpc) is 2.74. The molecule has 0 aromatic heterocycles. The molecule has 1 N–H and O–H groups in total. The lowest BCUT2D eigenvalue weighted by molar-refractivity contribution is 0.284. The first-order valence-electron chi connectivity index (χ1n) is 8.63. The van der Waals surface area contributed by atoms with Crippen molar-refractivity contribution in [1.82, 2.24) is 4.83 Å². The largest absolute Gasteiger partial charge is 0.493 e. The topological polar surface area (TPSA) is 77.0 Å². The van der Waals surface area contributed by atoms with Crippen LogP contribution in [0.1, 0.15) is 11.1 Å². The van der Waals surface area contributed by atoms with Crippen LogP contribution in [0, 0.1) is 0 Å². The van der Waals surface area contributed by atoms with Crippen LogP contribution >= 0.6 is 11.6 Å². The average molecular weight is 431 g/mol. The van der Waals surface area contributed by atoms with Crippen molar-refractivity contribution in [1.29, 1.82) is 0 Å². The van der Waals surface area contributed by atoms with Gasteiger partial charge in [-0.3, -0.25) is 0 Å². The number of hydrogen-bond acceptors (Lipinski definition) is 5. The lowest BCUT2D eigenvalue weighted by atomic mass is 10.2. The number of rotatable bonds is 8. The first-order chi connectivity index (χ1) is 14.0. The first-order valence-corrected chi connectivity index (χ1v) is 10.5. The van der Waals surface area contributed by atoms with E-state index in [4.69, 9.17) is 21.1 Å². The smallest absolute Gasteiger partial charge is 0.276 e. The zero-order valence-electron chi connectivity index (χ0n) is 15.6. The second-order valence-electron chi connectivity index (χ2n) is 5.99. The van der Waals surface area contributed by atoms with Gasteiger partial charge in [-0.2, -0.15) is 13.5 Å². The predicted octanol–water partition coefficient (Wildman–Crippen LogP) is 4.24. The molecule has 0 radical (unpaired) electrons. The SMILES string of the molecule is COc1cc(/C=N/NS(=O)(=O)c2ccccc2)ccc1OCc1ccc(Cl)cc1. The minimum Gasteiger partial charge on any atom is -0.493 e. The molecule has 3 rings (SSSR count). The van der Waals surface area contributed by atoms with Crippen molar-refractivity contribution in [2.75, 3.05) is 7.11 Å². The maximum Gasteiger partial charge on any atom is 0.276 e. The van der Waals surface area contributed by atoms with E-state index in [0.717, 1.165) is 5.56 Å². The molecule has 0 amide bonds. The summed E-state index contributed by atoms with van der Waals surface area (Å²) in [5.41, 5.74) is 1.62. The van der Waals surface area contributed by atoms with E-state index in [9.17, 15) is 8.42 Å². The molecule has 150 valence electrons. The van der Waals surface area contributed by atoms with Crippen molar-refractivity contribution in [2.24, 2.45) is 5.10 Å². The van der Waals surface area contributed by atoms with Gasteiger partial charge in [0.15, 0.2) is 11.5 Å². The number of ether oxygens (including phenoxy) is 2. The van der Waals surface area contributed by atoms with E-state index in [1.165, 1.54) is 25.5 Å². The van der Waals surface area contributed by atoms with Crippen LogP contribution in [-0.4, -0.2) is 21.7 Å². The summed E-state index contributed by atoms with van der Waals surface area (Å²) in [5, 5.41) is 4.49. The molecule has 0 aliphatic rings. The van der Waals surface area contributed by atoms with Crippen LogP contribution in [0.4, 0.5) is 0 Å². The predicted molar refractivity (Wildman–Crippen MR) is 113 cm³/mol. The van der Waals surface area contributed by atoms with Crippen LogP contribution in [0.5, 0.6) is 11.5 Å². The number of methoxy groups -OCH3 is 1. The molecule has 0 atom stereocenters. The zero-order valence-corrected chi connectivity index (χ0v) is 17.2. The molecule has 29 heavy (non-hydrogen) atoms. The minimum atomic E-state index is -3.71. The maximum absolute atomic E-state index is 12.2. The van der Waals surface area contributed by atoms with Gasteiger partial charge in [-0.15, -0.1) is 0 Å². The van der Waals surface area contributed by atoms with Gasteiger partial charge in [0.05, 0.1) is 18.2 Å². The molecule has 3 aromatic rings. The number of nitrogens with one attached hydrogen (secondary N) is 1. The number of halogens is 1. The fraction of sp³-hybridized carbons (Fsp3) is 0.0952. The van der Waals surface area contributed by atoms with Crippen molar-refractivity contribution in [3.63, 3.8) is 0 Å². The van der Waals surface area contributed by atoms with Crippen LogP contribution in [0.15, 0.2) is 82.8 Å². The van der Waals surface area contributed by atoms with E-state index in [0.29, 0.717) is 28.7 Å². The van der Waals surface area contributed by atoms with Gasteiger partial charge in [-0.25, -0.2) is 4.83 Å². The zero-order chi connectivity index (χ0) is 20.7. The van der Waals surface area contributed by atoms with E-state index < -0.39 is 10.0 Å². The summed E-state index contributed by atoms with van der Waals surface area (Å²) >= 11 is 5.88. The Morgan fingerprint density at radius 2 is 1.72 bits per heavy atom. The van der Waals surface area contributed by atoms with Crippen molar-refractivity contribution in [3.8, 4) is 11.5 Å². The Kier molecular flexibility index (Phi) is 6.74. The molecule has 0 fully saturated rings. The highest BCUT2D eigenvalue weighted by Gasteiger charge is 2.11. The molecule has 8 heteroatoms. The highest BCUT2D eigenvalue weighted by atomic mass is 35.5. The molecular weight excluding hydrogens is 412 g/mol. The third-order valence-electron chi connectivity index (χ3n) is 3.94. The Hall–Kier alpha value is -3.03. The quantitative estimate of drug-likeness (QED) is 0.428. The van der Waals surface area contributed by atoms with Gasteiger partial charge in [0.2, 0.25) is 0 Å². The summed E-state index contributed by atoms with van der Waals surface area (Å²) in [4.78, 5) is 2.33. The van der Waals surface area contributed by atoms with Crippen LogP contribution in [0.25, 0.3) is 0 Å². The van der Waals surface area contributed by atoms with Gasteiger partial charge in [0.1, 0.15) is 6.61 Å². The molecule has 0 spiro atoms. The molecule has 0 saturated carbocycles. The van der Waals surface area contributed by atoms with E-state index in [1.54, 1.807) is 48.5 Å². The second kappa shape index (κ2) is 9.45. The van der Waals surface area contributed by atoms with Gasteiger partial charge < -0.3 is 9.47 Å². The summed E-state index contributed by atoms with van der Waals surface area (Å²) in [5.74, 6) is 1.07. The highest BCUT2D eigenvalue weighted by Crippen LogP contribution is 2.28. The molecule has 0 heterocycles. The van der Waals surface area contributed by atoms with Crippen molar-refractivity contribution < 1.29 is 17.9 Å². The fourth-order valence-electron chi connectivity index (χ4n) is 2.45. The third kappa shape index (κ3) is 5.73. The standard InChI is InChI=1S/C21H19ClN2O4S/c1-27-21-13-17(14-23-24-29(25,26)19-5-3-2-4-6-19)9-12-20(21)28-15-16-7-10-18(22)11-8-16/h2-14,24H,15H2,1H3/b23-14+. The Morgan fingerprint density at radius 1 is 1.00 bits per heavy atom. The van der Waals surface area contributed by atoms with Crippen LogP contribution in [-0.2, 0) is 16.6 Å². The summed E-state index contributed by atoms with van der Waals surface area (Å²) in [6.07, 6.45) is 1.39. The molecule has 0 saturated heterocycles. The van der Waals surface area contributed by atoms with E-state index >= 15 is 0 Å². The first kappa shape index (κ1) is 20.7. The van der Waals surface area contributed by atoms with E-state index in [2.05, 4.69) is 9.93 Å². The molecule has 3 aromatic carbocycles. The number of hydrogen-bond donors (Lipinski definition) is 1. The molecule has 0 aliphatic carbocycles. The second-order valence-corrected chi connectivity index (χ2v) is 8.09. The highest BCUT2D eigenvalue weighted by molar-refractivity contribution is 7.89. The van der Waals surface area contributed by atoms with Crippen molar-refractivity contribution >= 4 is 27.8 Å². The number of hydrazone groups is 1. The monoisotopic (exact) mass is 430 g/mol. The summed E-state index contributed by atoms with van der Waals surface area (Å²) in [6.45, 7) is 0.359. The minimum absolute atomic E-state index is 0.140. The fourth-order valence-corrected chi connectivity index (χ4v) is 3.39. The van der Waals surface area contributed by atoms with Gasteiger partial charge in [-0.05, 0) is 53.6 Å². The van der Waals surface area contributed by atoms with Gasteiger partial charge >= 0.3 is 0 Å². The van der Waals surface area contributed by atoms with Crippen LogP contribution < -0.4 is 14.3 Å². The Bertz CT molecular complexity index is 1090. The molecule has 0 bridgehead atoms.